The van der Waals surface area contributed by atoms with E-state index in [0.29, 0.717) is 10.8 Å². The van der Waals surface area contributed by atoms with Crippen LogP contribution >= 0.6 is 12.2 Å². The minimum atomic E-state index is -4.70. The van der Waals surface area contributed by atoms with Crippen LogP contribution in [-0.2, 0) is 0 Å². The van der Waals surface area contributed by atoms with Gasteiger partial charge in [0.25, 0.3) is 0 Å². The number of benzene rings is 2. The van der Waals surface area contributed by atoms with E-state index in [-0.39, 0.29) is 5.75 Å². The van der Waals surface area contributed by atoms with Crippen molar-refractivity contribution in [2.75, 3.05) is 43.5 Å². The zero-order valence-corrected chi connectivity index (χ0v) is 16.0. The Hall–Kier alpha value is -2.68. The topological polar surface area (TPSA) is 37.0 Å². The van der Waals surface area contributed by atoms with Crippen molar-refractivity contribution >= 4 is 28.7 Å². The molecule has 1 fully saturated rings. The van der Waals surface area contributed by atoms with Crippen LogP contribution in [0.5, 0.6) is 11.5 Å². The van der Waals surface area contributed by atoms with E-state index in [1.807, 2.05) is 29.2 Å². The molecular weight excluding hydrogens is 391 g/mol. The van der Waals surface area contributed by atoms with Gasteiger partial charge in [-0.05, 0) is 60.7 Å². The quantitative estimate of drug-likeness (QED) is 0.764. The molecule has 0 unspecified atom stereocenters. The molecule has 0 aliphatic carbocycles. The molecule has 0 saturated carbocycles. The molecule has 1 heterocycles. The third-order valence-corrected chi connectivity index (χ3v) is 4.70. The van der Waals surface area contributed by atoms with Gasteiger partial charge < -0.3 is 24.6 Å². The van der Waals surface area contributed by atoms with Crippen LogP contribution < -0.4 is 19.7 Å². The van der Waals surface area contributed by atoms with E-state index in [4.69, 9.17) is 17.0 Å². The molecule has 2 aromatic rings. The van der Waals surface area contributed by atoms with E-state index >= 15 is 0 Å². The second-order valence-corrected chi connectivity index (χ2v) is 6.56. The summed E-state index contributed by atoms with van der Waals surface area (Å²) in [5, 5.41) is 3.60. The lowest BCUT2D eigenvalue weighted by atomic mass is 10.2. The second-order valence-electron chi connectivity index (χ2n) is 6.17. The van der Waals surface area contributed by atoms with Crippen LogP contribution in [0.4, 0.5) is 24.5 Å². The molecule has 150 valence electrons. The molecule has 28 heavy (non-hydrogen) atoms. The van der Waals surface area contributed by atoms with E-state index in [0.717, 1.165) is 37.6 Å². The van der Waals surface area contributed by atoms with Gasteiger partial charge in [0.05, 0.1) is 7.11 Å². The minimum Gasteiger partial charge on any atom is -0.497 e. The van der Waals surface area contributed by atoms with Crippen molar-refractivity contribution in [2.24, 2.45) is 0 Å². The number of thiocarbonyl (C=S) groups is 1. The Kier molecular flexibility index (Phi) is 6.13. The lowest BCUT2D eigenvalue weighted by Gasteiger charge is -2.37. The average molecular weight is 411 g/mol. The fraction of sp³-hybridized carbons (Fsp3) is 0.316. The Balaban J connectivity index is 1.50. The molecule has 1 saturated heterocycles. The van der Waals surface area contributed by atoms with Crippen LogP contribution in [0.2, 0.25) is 0 Å². The van der Waals surface area contributed by atoms with Crippen LogP contribution in [0.25, 0.3) is 0 Å². The number of anilines is 2. The van der Waals surface area contributed by atoms with Gasteiger partial charge in [-0.15, -0.1) is 13.2 Å². The molecule has 1 aliphatic rings. The summed E-state index contributed by atoms with van der Waals surface area (Å²) < 4.78 is 45.7. The van der Waals surface area contributed by atoms with Gasteiger partial charge >= 0.3 is 6.36 Å². The fourth-order valence-electron chi connectivity index (χ4n) is 2.90. The van der Waals surface area contributed by atoms with Crippen LogP contribution in [0.1, 0.15) is 0 Å². The number of hydrogen-bond acceptors (Lipinski definition) is 4. The summed E-state index contributed by atoms with van der Waals surface area (Å²) in [5.41, 5.74) is 1.73. The first-order valence-electron chi connectivity index (χ1n) is 8.65. The third-order valence-electron chi connectivity index (χ3n) is 4.34. The minimum absolute atomic E-state index is 0.267. The molecule has 0 spiro atoms. The smallest absolute Gasteiger partial charge is 0.497 e. The van der Waals surface area contributed by atoms with Crippen LogP contribution in [-0.4, -0.2) is 49.7 Å². The highest BCUT2D eigenvalue weighted by molar-refractivity contribution is 7.80. The number of methoxy groups -OCH3 is 1. The number of piperazine rings is 1. The number of nitrogens with zero attached hydrogens (tertiary/aromatic N) is 2. The van der Waals surface area contributed by atoms with Crippen molar-refractivity contribution < 1.29 is 22.6 Å². The molecular formula is C19H20F3N3O2S. The number of alkyl halides is 3. The second kappa shape index (κ2) is 8.55. The van der Waals surface area contributed by atoms with Gasteiger partial charge in [-0.25, -0.2) is 0 Å². The molecule has 1 aliphatic heterocycles. The summed E-state index contributed by atoms with van der Waals surface area (Å²) >= 11 is 5.43. The molecule has 9 heteroatoms. The number of nitrogens with one attached hydrogen (secondary N) is 1. The highest BCUT2D eigenvalue weighted by Gasteiger charge is 2.31. The molecule has 2 aromatic carbocycles. The van der Waals surface area contributed by atoms with Crippen LogP contribution in [0, 0.1) is 0 Å². The summed E-state index contributed by atoms with van der Waals surface area (Å²) in [4.78, 5) is 4.30. The molecule has 0 atom stereocenters. The van der Waals surface area contributed by atoms with Gasteiger partial charge in [0.2, 0.25) is 0 Å². The Morgan fingerprint density at radius 3 is 2.04 bits per heavy atom. The van der Waals surface area contributed by atoms with Crippen molar-refractivity contribution in [3.8, 4) is 11.5 Å². The Morgan fingerprint density at radius 2 is 1.50 bits per heavy atom. The normalized spacial score (nSPS) is 14.6. The zero-order chi connectivity index (χ0) is 20.1. The zero-order valence-electron chi connectivity index (χ0n) is 15.2. The van der Waals surface area contributed by atoms with Gasteiger partial charge in [-0.1, -0.05) is 0 Å². The average Bonchev–Trinajstić information content (AvgIpc) is 2.68. The van der Waals surface area contributed by atoms with Gasteiger partial charge in [-0.3, -0.25) is 0 Å². The van der Waals surface area contributed by atoms with Crippen molar-refractivity contribution in [3.05, 3.63) is 48.5 Å². The van der Waals surface area contributed by atoms with Gasteiger partial charge in [0, 0.05) is 37.6 Å². The van der Waals surface area contributed by atoms with Gasteiger partial charge in [-0.2, -0.15) is 0 Å². The maximum atomic E-state index is 12.2. The fourth-order valence-corrected chi connectivity index (χ4v) is 3.20. The summed E-state index contributed by atoms with van der Waals surface area (Å²) in [6, 6.07) is 13.4. The predicted octanol–water partition coefficient (Wildman–Crippen LogP) is 4.11. The molecule has 0 bridgehead atoms. The van der Waals surface area contributed by atoms with Crippen molar-refractivity contribution in [3.63, 3.8) is 0 Å². The first-order chi connectivity index (χ1) is 13.3. The number of ether oxygens (including phenoxy) is 2. The van der Waals surface area contributed by atoms with Crippen molar-refractivity contribution in [1.29, 1.82) is 0 Å². The number of hydrogen-bond donors (Lipinski definition) is 1. The van der Waals surface area contributed by atoms with Gasteiger partial charge in [0.1, 0.15) is 11.5 Å². The van der Waals surface area contributed by atoms with Crippen LogP contribution in [0.3, 0.4) is 0 Å². The van der Waals surface area contributed by atoms with Crippen molar-refractivity contribution in [1.82, 2.24) is 4.90 Å². The molecule has 0 amide bonds. The van der Waals surface area contributed by atoms with E-state index in [9.17, 15) is 13.2 Å². The molecule has 5 nitrogen and oxygen atoms in total. The number of halogens is 3. The Morgan fingerprint density at radius 1 is 0.929 bits per heavy atom. The molecule has 0 aromatic heterocycles. The highest BCUT2D eigenvalue weighted by atomic mass is 32.1. The summed E-state index contributed by atoms with van der Waals surface area (Å²) in [6.07, 6.45) is -4.70. The third kappa shape index (κ3) is 5.41. The monoisotopic (exact) mass is 411 g/mol. The van der Waals surface area contributed by atoms with Crippen LogP contribution in [0.15, 0.2) is 48.5 Å². The van der Waals surface area contributed by atoms with E-state index in [2.05, 4.69) is 15.0 Å². The van der Waals surface area contributed by atoms with E-state index < -0.39 is 6.36 Å². The largest absolute Gasteiger partial charge is 0.573 e. The van der Waals surface area contributed by atoms with Crippen molar-refractivity contribution in [2.45, 2.75) is 6.36 Å². The Labute approximate surface area is 166 Å². The standard InChI is InChI=1S/C19H20F3N3O2S/c1-26-16-8-4-15(5-9-16)24-10-12-25(13-11-24)18(28)23-14-2-6-17(7-3-14)27-19(20,21)22/h2-9H,10-13H2,1H3,(H,23,28). The predicted molar refractivity (Wildman–Crippen MR) is 106 cm³/mol. The maximum absolute atomic E-state index is 12.2. The lowest BCUT2D eigenvalue weighted by molar-refractivity contribution is -0.274. The molecule has 1 N–H and O–H groups in total. The van der Waals surface area contributed by atoms with E-state index in [1.54, 1.807) is 7.11 Å². The molecule has 3 rings (SSSR count). The SMILES string of the molecule is COc1ccc(N2CCN(C(=S)Nc3ccc(OC(F)(F)F)cc3)CC2)cc1. The summed E-state index contributed by atoms with van der Waals surface area (Å²) in [6.45, 7) is 3.11. The van der Waals surface area contributed by atoms with E-state index in [1.165, 1.54) is 24.3 Å². The highest BCUT2D eigenvalue weighted by Crippen LogP contribution is 2.24. The summed E-state index contributed by atoms with van der Waals surface area (Å²) in [7, 11) is 1.64. The maximum Gasteiger partial charge on any atom is 0.573 e. The van der Waals surface area contributed by atoms with Gasteiger partial charge in [0.15, 0.2) is 5.11 Å². The Bertz CT molecular complexity index is 790. The molecule has 0 radical (unpaired) electrons. The first kappa shape index (κ1) is 20.1. The first-order valence-corrected chi connectivity index (χ1v) is 9.05. The number of rotatable bonds is 4. The lowest BCUT2D eigenvalue weighted by Crippen LogP contribution is -2.50. The summed E-state index contributed by atoms with van der Waals surface area (Å²) in [5.74, 6) is 0.552.